The Labute approximate surface area is 119 Å². The highest BCUT2D eigenvalue weighted by molar-refractivity contribution is 9.10. The molecule has 2 rings (SSSR count). The van der Waals surface area contributed by atoms with E-state index in [2.05, 4.69) is 30.9 Å². The van der Waals surface area contributed by atoms with Crippen molar-refractivity contribution in [3.05, 3.63) is 22.6 Å². The number of ether oxygens (including phenoxy) is 1. The van der Waals surface area contributed by atoms with E-state index in [0.717, 1.165) is 16.4 Å². The van der Waals surface area contributed by atoms with Crippen LogP contribution in [0.5, 0.6) is 0 Å². The summed E-state index contributed by atoms with van der Waals surface area (Å²) >= 11 is 3.35. The summed E-state index contributed by atoms with van der Waals surface area (Å²) in [6, 6.07) is 1.89. The zero-order valence-electron chi connectivity index (χ0n) is 11.1. The number of hydrogen-bond donors (Lipinski definition) is 1. The first kappa shape index (κ1) is 14.0. The molecule has 0 radical (unpaired) electrons. The number of esters is 1. The van der Waals surface area contributed by atoms with Crippen LogP contribution in [0.25, 0.3) is 11.2 Å². The van der Waals surface area contributed by atoms with E-state index in [9.17, 15) is 4.79 Å². The Morgan fingerprint density at radius 1 is 1.53 bits per heavy atom. The van der Waals surface area contributed by atoms with E-state index >= 15 is 0 Å². The van der Waals surface area contributed by atoms with Gasteiger partial charge in [-0.2, -0.15) is 0 Å². The molecule has 2 heterocycles. The van der Waals surface area contributed by atoms with Crippen LogP contribution >= 0.6 is 15.9 Å². The summed E-state index contributed by atoms with van der Waals surface area (Å²) < 4.78 is 6.25. The summed E-state index contributed by atoms with van der Waals surface area (Å²) in [5.74, 6) is 0.306. The van der Waals surface area contributed by atoms with Gasteiger partial charge in [0.1, 0.15) is 5.82 Å². The van der Waals surface area contributed by atoms with Crippen molar-refractivity contribution in [2.75, 3.05) is 0 Å². The predicted octanol–water partition coefficient (Wildman–Crippen LogP) is 3.37. The number of carbonyl (C=O) groups is 1. The molecule has 5 nitrogen and oxygen atoms in total. The maximum atomic E-state index is 11.7. The molecule has 2 aromatic heterocycles. The summed E-state index contributed by atoms with van der Waals surface area (Å²) in [7, 11) is 0. The first-order valence-electron chi connectivity index (χ1n) is 6.23. The number of aromatic amines is 1. The minimum absolute atomic E-state index is 0.0981. The number of fused-ring (bicyclic) bond motifs is 1. The van der Waals surface area contributed by atoms with Crippen molar-refractivity contribution in [2.24, 2.45) is 5.92 Å². The molecule has 0 aliphatic carbocycles. The lowest BCUT2D eigenvalue weighted by molar-refractivity contribution is -0.153. The van der Waals surface area contributed by atoms with Crippen molar-refractivity contribution in [1.29, 1.82) is 0 Å². The molecule has 2 atom stereocenters. The SMILES string of the molecule is CCC(C)C(=O)OC(C)c1nc2ncc(Br)cc2[nH]1. The van der Waals surface area contributed by atoms with Crippen molar-refractivity contribution >= 4 is 33.1 Å². The van der Waals surface area contributed by atoms with Gasteiger partial charge < -0.3 is 9.72 Å². The fraction of sp³-hybridized carbons (Fsp3) is 0.462. The van der Waals surface area contributed by atoms with E-state index in [1.165, 1.54) is 0 Å². The number of aromatic nitrogens is 3. The van der Waals surface area contributed by atoms with Crippen LogP contribution in [0, 0.1) is 5.92 Å². The molecule has 102 valence electrons. The van der Waals surface area contributed by atoms with Gasteiger partial charge in [0.05, 0.1) is 11.4 Å². The lowest BCUT2D eigenvalue weighted by Gasteiger charge is -2.13. The Bertz CT molecular complexity index is 597. The zero-order valence-corrected chi connectivity index (χ0v) is 12.7. The number of pyridine rings is 1. The second kappa shape index (κ2) is 5.69. The molecule has 0 bridgehead atoms. The van der Waals surface area contributed by atoms with Crippen molar-refractivity contribution in [3.8, 4) is 0 Å². The fourth-order valence-electron chi connectivity index (χ4n) is 1.60. The molecular formula is C13H16BrN3O2. The molecule has 0 saturated heterocycles. The average molecular weight is 326 g/mol. The molecule has 0 aliphatic rings. The predicted molar refractivity (Wildman–Crippen MR) is 75.6 cm³/mol. The summed E-state index contributed by atoms with van der Waals surface area (Å²) in [4.78, 5) is 23.4. The summed E-state index contributed by atoms with van der Waals surface area (Å²) in [6.07, 6.45) is 2.04. The molecular weight excluding hydrogens is 310 g/mol. The van der Waals surface area contributed by atoms with Crippen molar-refractivity contribution in [2.45, 2.75) is 33.3 Å². The highest BCUT2D eigenvalue weighted by Gasteiger charge is 2.19. The third kappa shape index (κ3) is 3.12. The van der Waals surface area contributed by atoms with Gasteiger partial charge in [-0.1, -0.05) is 13.8 Å². The van der Waals surface area contributed by atoms with E-state index in [4.69, 9.17) is 4.74 Å². The fourth-order valence-corrected chi connectivity index (χ4v) is 1.93. The topological polar surface area (TPSA) is 67.9 Å². The van der Waals surface area contributed by atoms with Gasteiger partial charge in [-0.05, 0) is 35.3 Å². The standard InChI is InChI=1S/C13H16BrN3O2/c1-4-7(2)13(18)19-8(3)11-16-10-5-9(14)6-15-12(10)17-11/h5-8H,4H2,1-3H3,(H,15,16,17). The molecule has 2 unspecified atom stereocenters. The van der Waals surface area contributed by atoms with Crippen LogP contribution in [0.15, 0.2) is 16.7 Å². The summed E-state index contributed by atoms with van der Waals surface area (Å²) in [5, 5.41) is 0. The molecule has 19 heavy (non-hydrogen) atoms. The Morgan fingerprint density at radius 2 is 2.26 bits per heavy atom. The Hall–Kier alpha value is -1.43. The Balaban J connectivity index is 2.17. The number of rotatable bonds is 4. The van der Waals surface area contributed by atoms with Crippen LogP contribution in [0.1, 0.15) is 39.1 Å². The quantitative estimate of drug-likeness (QED) is 0.875. The highest BCUT2D eigenvalue weighted by Crippen LogP contribution is 2.21. The maximum absolute atomic E-state index is 11.7. The number of carbonyl (C=O) groups excluding carboxylic acids is 1. The molecule has 0 spiro atoms. The van der Waals surface area contributed by atoms with Crippen LogP contribution in [0.4, 0.5) is 0 Å². The minimum atomic E-state index is -0.408. The van der Waals surface area contributed by atoms with Gasteiger partial charge in [-0.3, -0.25) is 4.79 Å². The number of nitrogens with zero attached hydrogens (tertiary/aromatic N) is 2. The number of halogens is 1. The Kier molecular flexibility index (Phi) is 4.19. The van der Waals surface area contributed by atoms with E-state index < -0.39 is 6.10 Å². The molecule has 0 aromatic carbocycles. The van der Waals surface area contributed by atoms with Crippen molar-refractivity contribution in [3.63, 3.8) is 0 Å². The van der Waals surface area contributed by atoms with Crippen LogP contribution in [-0.2, 0) is 9.53 Å². The number of hydrogen-bond acceptors (Lipinski definition) is 4. The van der Waals surface area contributed by atoms with Crippen molar-refractivity contribution < 1.29 is 9.53 Å². The third-order valence-corrected chi connectivity index (χ3v) is 3.45. The van der Waals surface area contributed by atoms with E-state index in [-0.39, 0.29) is 11.9 Å². The number of H-pyrrole nitrogens is 1. The molecule has 2 aromatic rings. The molecule has 0 aliphatic heterocycles. The van der Waals surface area contributed by atoms with Gasteiger partial charge in [0, 0.05) is 10.7 Å². The molecule has 0 fully saturated rings. The highest BCUT2D eigenvalue weighted by atomic mass is 79.9. The largest absolute Gasteiger partial charge is 0.454 e. The summed E-state index contributed by atoms with van der Waals surface area (Å²) in [6.45, 7) is 5.61. The second-order valence-electron chi connectivity index (χ2n) is 4.54. The van der Waals surface area contributed by atoms with Gasteiger partial charge in [-0.25, -0.2) is 9.97 Å². The maximum Gasteiger partial charge on any atom is 0.309 e. The van der Waals surface area contributed by atoms with Gasteiger partial charge in [0.2, 0.25) is 0 Å². The van der Waals surface area contributed by atoms with Gasteiger partial charge in [-0.15, -0.1) is 0 Å². The average Bonchev–Trinajstić information content (AvgIpc) is 2.80. The van der Waals surface area contributed by atoms with Crippen LogP contribution < -0.4 is 0 Å². The summed E-state index contributed by atoms with van der Waals surface area (Å²) in [5.41, 5.74) is 1.43. The first-order valence-corrected chi connectivity index (χ1v) is 7.02. The minimum Gasteiger partial charge on any atom is -0.454 e. The monoisotopic (exact) mass is 325 g/mol. The Morgan fingerprint density at radius 3 is 2.95 bits per heavy atom. The second-order valence-corrected chi connectivity index (χ2v) is 5.45. The lowest BCUT2D eigenvalue weighted by Crippen LogP contribution is -2.16. The molecule has 6 heteroatoms. The molecule has 1 N–H and O–H groups in total. The molecule has 0 amide bonds. The van der Waals surface area contributed by atoms with E-state index in [0.29, 0.717) is 11.5 Å². The lowest BCUT2D eigenvalue weighted by atomic mass is 10.1. The van der Waals surface area contributed by atoms with Crippen LogP contribution in [-0.4, -0.2) is 20.9 Å². The number of imidazole rings is 1. The smallest absolute Gasteiger partial charge is 0.309 e. The van der Waals surface area contributed by atoms with Gasteiger partial charge in [0.25, 0.3) is 0 Å². The van der Waals surface area contributed by atoms with Crippen LogP contribution in [0.3, 0.4) is 0 Å². The van der Waals surface area contributed by atoms with E-state index in [1.807, 2.05) is 19.9 Å². The van der Waals surface area contributed by atoms with Gasteiger partial charge >= 0.3 is 5.97 Å². The first-order chi connectivity index (χ1) is 9.01. The van der Waals surface area contributed by atoms with Crippen LogP contribution in [0.2, 0.25) is 0 Å². The van der Waals surface area contributed by atoms with E-state index in [1.54, 1.807) is 13.1 Å². The third-order valence-electron chi connectivity index (χ3n) is 3.02. The number of nitrogens with one attached hydrogen (secondary N) is 1. The zero-order chi connectivity index (χ0) is 14.0. The normalized spacial score (nSPS) is 14.3. The van der Waals surface area contributed by atoms with Gasteiger partial charge in [0.15, 0.2) is 11.8 Å². The molecule has 0 saturated carbocycles. The van der Waals surface area contributed by atoms with Crippen molar-refractivity contribution in [1.82, 2.24) is 15.0 Å².